The maximum atomic E-state index is 11.3. The summed E-state index contributed by atoms with van der Waals surface area (Å²) in [5.74, 6) is 0.0701. The molecular weight excluding hydrogens is 228 g/mol. The number of hydrogen-bond acceptors (Lipinski definition) is 3. The first-order valence-electron chi connectivity index (χ1n) is 4.64. The van der Waals surface area contributed by atoms with Gasteiger partial charge in [-0.15, -0.1) is 0 Å². The summed E-state index contributed by atoms with van der Waals surface area (Å²) in [5.41, 5.74) is 0.367. The first-order chi connectivity index (χ1) is 7.58. The van der Waals surface area contributed by atoms with Crippen molar-refractivity contribution in [1.82, 2.24) is 9.97 Å². The fourth-order valence-electron chi connectivity index (χ4n) is 1.39. The number of nitrogens with one attached hydrogen (secondary N) is 1. The zero-order valence-corrected chi connectivity index (χ0v) is 9.25. The van der Waals surface area contributed by atoms with Crippen LogP contribution < -0.4 is 5.56 Å². The van der Waals surface area contributed by atoms with Crippen molar-refractivity contribution in [2.75, 3.05) is 0 Å². The minimum atomic E-state index is -0.544. The quantitative estimate of drug-likeness (QED) is 0.797. The molecule has 2 rings (SSSR count). The van der Waals surface area contributed by atoms with Gasteiger partial charge in [0.2, 0.25) is 5.75 Å². The molecule has 5 heteroatoms. The summed E-state index contributed by atoms with van der Waals surface area (Å²) >= 11 is 5.75. The van der Waals surface area contributed by atoms with Crippen molar-refractivity contribution in [3.8, 4) is 17.0 Å². The topological polar surface area (TPSA) is 66.0 Å². The maximum absolute atomic E-state index is 11.3. The molecule has 0 aliphatic heterocycles. The summed E-state index contributed by atoms with van der Waals surface area (Å²) < 4.78 is 0. The van der Waals surface area contributed by atoms with Gasteiger partial charge in [0.15, 0.2) is 0 Å². The molecule has 16 heavy (non-hydrogen) atoms. The predicted octanol–water partition coefficient (Wildman–Crippen LogP) is 2.10. The lowest BCUT2D eigenvalue weighted by Gasteiger charge is -2.04. The van der Waals surface area contributed by atoms with Crippen molar-refractivity contribution in [2.45, 2.75) is 6.92 Å². The molecular formula is C11H9ClN2O2. The molecule has 0 radical (unpaired) electrons. The van der Waals surface area contributed by atoms with Crippen LogP contribution >= 0.6 is 11.6 Å². The molecule has 82 valence electrons. The number of benzene rings is 1. The largest absolute Gasteiger partial charge is 0.502 e. The van der Waals surface area contributed by atoms with Crippen molar-refractivity contribution in [3.63, 3.8) is 0 Å². The highest BCUT2D eigenvalue weighted by Gasteiger charge is 2.10. The molecule has 0 amide bonds. The van der Waals surface area contributed by atoms with Crippen LogP contribution in [0.15, 0.2) is 29.1 Å². The molecule has 0 aliphatic carbocycles. The first-order valence-corrected chi connectivity index (χ1v) is 5.01. The summed E-state index contributed by atoms with van der Waals surface area (Å²) in [4.78, 5) is 17.8. The second kappa shape index (κ2) is 3.98. The van der Waals surface area contributed by atoms with E-state index in [1.54, 1.807) is 31.2 Å². The SMILES string of the molecule is Cc1nc(-c2ccc(Cl)cc2)c(O)c(=O)[nH]1. The average molecular weight is 237 g/mol. The van der Waals surface area contributed by atoms with Crippen LogP contribution in [0.1, 0.15) is 5.82 Å². The van der Waals surface area contributed by atoms with Gasteiger partial charge in [0.1, 0.15) is 11.5 Å². The zero-order chi connectivity index (χ0) is 11.7. The Balaban J connectivity index is 2.64. The number of aromatic nitrogens is 2. The molecule has 0 fully saturated rings. The minimum absolute atomic E-state index is 0.262. The van der Waals surface area contributed by atoms with E-state index in [1.807, 2.05) is 0 Å². The lowest BCUT2D eigenvalue weighted by atomic mass is 10.1. The third-order valence-electron chi connectivity index (χ3n) is 2.13. The van der Waals surface area contributed by atoms with Crippen LogP contribution in [0, 0.1) is 6.92 Å². The molecule has 2 aromatic rings. The number of H-pyrrole nitrogens is 1. The Morgan fingerprint density at radius 3 is 2.56 bits per heavy atom. The van der Waals surface area contributed by atoms with E-state index in [-0.39, 0.29) is 11.4 Å². The zero-order valence-electron chi connectivity index (χ0n) is 8.49. The number of aryl methyl sites for hydroxylation is 1. The van der Waals surface area contributed by atoms with Crippen LogP contribution in [-0.4, -0.2) is 15.1 Å². The molecule has 1 aromatic heterocycles. The van der Waals surface area contributed by atoms with E-state index >= 15 is 0 Å². The lowest BCUT2D eigenvalue weighted by Crippen LogP contribution is -2.10. The first kappa shape index (κ1) is 10.7. The van der Waals surface area contributed by atoms with E-state index in [4.69, 9.17) is 11.6 Å². The maximum Gasteiger partial charge on any atom is 0.293 e. The number of rotatable bonds is 1. The van der Waals surface area contributed by atoms with Gasteiger partial charge in [-0.25, -0.2) is 4.98 Å². The monoisotopic (exact) mass is 236 g/mol. The highest BCUT2D eigenvalue weighted by Crippen LogP contribution is 2.24. The van der Waals surface area contributed by atoms with Gasteiger partial charge in [0.05, 0.1) is 0 Å². The number of aromatic amines is 1. The fourth-order valence-corrected chi connectivity index (χ4v) is 1.51. The van der Waals surface area contributed by atoms with Crippen LogP contribution in [0.25, 0.3) is 11.3 Å². The summed E-state index contributed by atoms with van der Waals surface area (Å²) in [5, 5.41) is 10.2. The van der Waals surface area contributed by atoms with Gasteiger partial charge >= 0.3 is 0 Å². The van der Waals surface area contributed by atoms with Crippen LogP contribution in [0.5, 0.6) is 5.75 Å². The van der Waals surface area contributed by atoms with Gasteiger partial charge in [-0.2, -0.15) is 0 Å². The summed E-state index contributed by atoms with van der Waals surface area (Å²) in [6.45, 7) is 1.65. The number of hydrogen-bond donors (Lipinski definition) is 2. The average Bonchev–Trinajstić information content (AvgIpc) is 2.25. The Kier molecular flexibility index (Phi) is 2.66. The van der Waals surface area contributed by atoms with Crippen molar-refractivity contribution in [2.24, 2.45) is 0 Å². The molecule has 0 spiro atoms. The minimum Gasteiger partial charge on any atom is -0.502 e. The second-order valence-electron chi connectivity index (χ2n) is 3.36. The summed E-state index contributed by atoms with van der Waals surface area (Å²) in [6, 6.07) is 6.75. The Morgan fingerprint density at radius 2 is 1.94 bits per heavy atom. The molecule has 0 saturated heterocycles. The van der Waals surface area contributed by atoms with Crippen molar-refractivity contribution >= 4 is 11.6 Å². The van der Waals surface area contributed by atoms with Gasteiger partial charge in [-0.05, 0) is 19.1 Å². The van der Waals surface area contributed by atoms with Gasteiger partial charge < -0.3 is 10.1 Å². The van der Waals surface area contributed by atoms with Gasteiger partial charge in [-0.1, -0.05) is 23.7 Å². The van der Waals surface area contributed by atoms with E-state index in [0.29, 0.717) is 16.4 Å². The summed E-state index contributed by atoms with van der Waals surface area (Å²) in [7, 11) is 0. The molecule has 0 saturated carbocycles. The number of nitrogens with zero attached hydrogens (tertiary/aromatic N) is 1. The van der Waals surface area contributed by atoms with E-state index in [1.165, 1.54) is 0 Å². The van der Waals surface area contributed by atoms with E-state index < -0.39 is 5.56 Å². The molecule has 0 bridgehead atoms. The van der Waals surface area contributed by atoms with E-state index in [9.17, 15) is 9.90 Å². The van der Waals surface area contributed by atoms with Crippen LogP contribution in [0.3, 0.4) is 0 Å². The molecule has 0 aliphatic rings. The Bertz CT molecular complexity index is 576. The van der Waals surface area contributed by atoms with Gasteiger partial charge in [-0.3, -0.25) is 4.79 Å². The predicted molar refractivity (Wildman–Crippen MR) is 61.7 cm³/mol. The van der Waals surface area contributed by atoms with Crippen LogP contribution in [0.2, 0.25) is 5.02 Å². The number of aromatic hydroxyl groups is 1. The fraction of sp³-hybridized carbons (Fsp3) is 0.0909. The van der Waals surface area contributed by atoms with Crippen molar-refractivity contribution < 1.29 is 5.11 Å². The lowest BCUT2D eigenvalue weighted by molar-refractivity contribution is 0.465. The van der Waals surface area contributed by atoms with Crippen LogP contribution in [0.4, 0.5) is 0 Å². The van der Waals surface area contributed by atoms with Crippen molar-refractivity contribution in [1.29, 1.82) is 0 Å². The highest BCUT2D eigenvalue weighted by molar-refractivity contribution is 6.30. The molecule has 4 nitrogen and oxygen atoms in total. The molecule has 0 unspecified atom stereocenters. The normalized spacial score (nSPS) is 10.4. The highest BCUT2D eigenvalue weighted by atomic mass is 35.5. The second-order valence-corrected chi connectivity index (χ2v) is 3.79. The van der Waals surface area contributed by atoms with E-state index in [2.05, 4.69) is 9.97 Å². The standard InChI is InChI=1S/C11H9ClN2O2/c1-6-13-9(10(15)11(16)14-6)7-2-4-8(12)5-3-7/h2-5,15H,1H3,(H,13,14,16). The van der Waals surface area contributed by atoms with E-state index in [0.717, 1.165) is 0 Å². The van der Waals surface area contributed by atoms with Crippen molar-refractivity contribution in [3.05, 3.63) is 45.5 Å². The van der Waals surface area contributed by atoms with Crippen LogP contribution in [-0.2, 0) is 0 Å². The molecule has 0 atom stereocenters. The van der Waals surface area contributed by atoms with Gasteiger partial charge in [0.25, 0.3) is 5.56 Å². The third-order valence-corrected chi connectivity index (χ3v) is 2.38. The van der Waals surface area contributed by atoms with Gasteiger partial charge in [0, 0.05) is 10.6 Å². The Morgan fingerprint density at radius 1 is 1.31 bits per heavy atom. The Hall–Kier alpha value is -1.81. The number of halogens is 1. The Labute approximate surface area is 96.6 Å². The molecule has 1 aromatic carbocycles. The smallest absolute Gasteiger partial charge is 0.293 e. The summed E-state index contributed by atoms with van der Waals surface area (Å²) in [6.07, 6.45) is 0. The molecule has 1 heterocycles. The third kappa shape index (κ3) is 1.92. The molecule has 2 N–H and O–H groups in total.